The molecule has 1 aromatic carbocycles. The van der Waals surface area contributed by atoms with Crippen LogP contribution in [0.3, 0.4) is 0 Å². The maximum absolute atomic E-state index is 4.71. The van der Waals surface area contributed by atoms with E-state index in [1.807, 2.05) is 36.5 Å². The van der Waals surface area contributed by atoms with Crippen LogP contribution in [-0.2, 0) is 0 Å². The lowest BCUT2D eigenvalue weighted by Crippen LogP contribution is -1.81. The highest BCUT2D eigenvalue weighted by molar-refractivity contribution is 7.13. The van der Waals surface area contributed by atoms with Gasteiger partial charge in [0, 0.05) is 34.2 Å². The second-order valence-corrected chi connectivity index (χ2v) is 5.36. The standard InChI is InChI=1S/C16H11N3S/c1-2-6-13-11(5-1)12(9-18-13)15-10-20-16(19-15)14-7-3-4-8-17-14/h1-10,18H. The molecule has 0 fully saturated rings. The molecule has 0 aliphatic rings. The van der Waals surface area contributed by atoms with Crippen molar-refractivity contribution in [1.29, 1.82) is 0 Å². The summed E-state index contributed by atoms with van der Waals surface area (Å²) in [4.78, 5) is 12.3. The lowest BCUT2D eigenvalue weighted by atomic mass is 10.1. The number of hydrogen-bond acceptors (Lipinski definition) is 3. The summed E-state index contributed by atoms with van der Waals surface area (Å²) in [5, 5.41) is 4.23. The van der Waals surface area contributed by atoms with E-state index in [2.05, 4.69) is 27.5 Å². The molecule has 4 aromatic rings. The molecule has 4 rings (SSSR count). The molecule has 0 aliphatic heterocycles. The van der Waals surface area contributed by atoms with Gasteiger partial charge in [-0.2, -0.15) is 0 Å². The van der Waals surface area contributed by atoms with Gasteiger partial charge in [0.2, 0.25) is 0 Å². The first-order valence-corrected chi connectivity index (χ1v) is 7.23. The SMILES string of the molecule is c1ccc(-c2nc(-c3c[nH]c4ccccc34)cs2)nc1. The number of para-hydroxylation sites is 1. The van der Waals surface area contributed by atoms with Crippen molar-refractivity contribution >= 4 is 22.2 Å². The van der Waals surface area contributed by atoms with E-state index in [4.69, 9.17) is 4.98 Å². The Morgan fingerprint density at radius 3 is 2.75 bits per heavy atom. The fourth-order valence-corrected chi connectivity index (χ4v) is 3.08. The summed E-state index contributed by atoms with van der Waals surface area (Å²) in [6.45, 7) is 0. The molecule has 0 bridgehead atoms. The molecular formula is C16H11N3S. The van der Waals surface area contributed by atoms with Gasteiger partial charge >= 0.3 is 0 Å². The van der Waals surface area contributed by atoms with Gasteiger partial charge in [0.15, 0.2) is 0 Å². The Bertz CT molecular complexity index is 861. The van der Waals surface area contributed by atoms with Crippen LogP contribution >= 0.6 is 11.3 Å². The van der Waals surface area contributed by atoms with E-state index < -0.39 is 0 Å². The summed E-state index contributed by atoms with van der Waals surface area (Å²) in [5.41, 5.74) is 4.19. The van der Waals surface area contributed by atoms with Crippen molar-refractivity contribution in [2.45, 2.75) is 0 Å². The first-order chi connectivity index (χ1) is 9.92. The maximum atomic E-state index is 4.71. The maximum Gasteiger partial charge on any atom is 0.142 e. The van der Waals surface area contributed by atoms with E-state index in [9.17, 15) is 0 Å². The quantitative estimate of drug-likeness (QED) is 0.591. The van der Waals surface area contributed by atoms with Crippen LogP contribution in [0.4, 0.5) is 0 Å². The lowest BCUT2D eigenvalue weighted by molar-refractivity contribution is 1.29. The zero-order chi connectivity index (χ0) is 13.4. The second-order valence-electron chi connectivity index (χ2n) is 4.50. The number of pyridine rings is 1. The fraction of sp³-hybridized carbons (Fsp3) is 0. The molecule has 0 atom stereocenters. The Balaban J connectivity index is 1.82. The van der Waals surface area contributed by atoms with Crippen LogP contribution in [0.1, 0.15) is 0 Å². The summed E-state index contributed by atoms with van der Waals surface area (Å²) < 4.78 is 0. The molecule has 96 valence electrons. The molecule has 20 heavy (non-hydrogen) atoms. The van der Waals surface area contributed by atoms with Crippen molar-refractivity contribution in [3.05, 3.63) is 60.2 Å². The van der Waals surface area contributed by atoms with Gasteiger partial charge in [-0.3, -0.25) is 4.98 Å². The minimum absolute atomic E-state index is 0.920. The molecule has 3 nitrogen and oxygen atoms in total. The Morgan fingerprint density at radius 2 is 1.85 bits per heavy atom. The molecule has 0 amide bonds. The average Bonchev–Trinajstić information content (AvgIpc) is 3.14. The predicted octanol–water partition coefficient (Wildman–Crippen LogP) is 4.35. The number of nitrogens with one attached hydrogen (secondary N) is 1. The number of rotatable bonds is 2. The molecule has 3 aromatic heterocycles. The van der Waals surface area contributed by atoms with Crippen molar-refractivity contribution in [2.75, 3.05) is 0 Å². The predicted molar refractivity (Wildman–Crippen MR) is 82.6 cm³/mol. The topological polar surface area (TPSA) is 41.6 Å². The lowest BCUT2D eigenvalue weighted by Gasteiger charge is -1.95. The molecular weight excluding hydrogens is 266 g/mol. The third-order valence-corrected chi connectivity index (χ3v) is 4.12. The van der Waals surface area contributed by atoms with Crippen LogP contribution < -0.4 is 0 Å². The normalized spacial score (nSPS) is 11.0. The Morgan fingerprint density at radius 1 is 0.950 bits per heavy atom. The van der Waals surface area contributed by atoms with Gasteiger partial charge in [0.05, 0.1) is 11.4 Å². The minimum Gasteiger partial charge on any atom is -0.360 e. The second kappa shape index (κ2) is 4.58. The molecule has 3 heterocycles. The van der Waals surface area contributed by atoms with Gasteiger partial charge in [-0.1, -0.05) is 24.3 Å². The van der Waals surface area contributed by atoms with E-state index in [1.54, 1.807) is 17.5 Å². The highest BCUT2D eigenvalue weighted by Crippen LogP contribution is 2.32. The number of hydrogen-bond donors (Lipinski definition) is 1. The van der Waals surface area contributed by atoms with Crippen LogP contribution in [0.5, 0.6) is 0 Å². The van der Waals surface area contributed by atoms with Gasteiger partial charge in [-0.05, 0) is 18.2 Å². The summed E-state index contributed by atoms with van der Waals surface area (Å²) >= 11 is 1.62. The first kappa shape index (κ1) is 11.4. The molecule has 0 saturated heterocycles. The zero-order valence-corrected chi connectivity index (χ0v) is 11.4. The van der Waals surface area contributed by atoms with E-state index in [1.165, 1.54) is 5.39 Å². The number of benzene rings is 1. The highest BCUT2D eigenvalue weighted by Gasteiger charge is 2.10. The number of aromatic amines is 1. The van der Waals surface area contributed by atoms with Gasteiger partial charge in [0.25, 0.3) is 0 Å². The number of aromatic nitrogens is 3. The molecule has 0 aliphatic carbocycles. The van der Waals surface area contributed by atoms with E-state index >= 15 is 0 Å². The number of nitrogens with zero attached hydrogens (tertiary/aromatic N) is 2. The summed E-state index contributed by atoms with van der Waals surface area (Å²) in [6.07, 6.45) is 3.81. The van der Waals surface area contributed by atoms with Crippen molar-refractivity contribution in [2.24, 2.45) is 0 Å². The minimum atomic E-state index is 0.920. The Kier molecular flexibility index (Phi) is 2.60. The van der Waals surface area contributed by atoms with E-state index in [0.29, 0.717) is 0 Å². The molecule has 1 N–H and O–H groups in total. The van der Waals surface area contributed by atoms with Gasteiger partial charge in [-0.15, -0.1) is 11.3 Å². The summed E-state index contributed by atoms with van der Waals surface area (Å²) in [5.74, 6) is 0. The zero-order valence-electron chi connectivity index (χ0n) is 10.6. The van der Waals surface area contributed by atoms with Gasteiger partial charge in [-0.25, -0.2) is 4.98 Å². The smallest absolute Gasteiger partial charge is 0.142 e. The average molecular weight is 277 g/mol. The Hall–Kier alpha value is -2.46. The summed E-state index contributed by atoms with van der Waals surface area (Å²) in [7, 11) is 0. The Labute approximate surface area is 120 Å². The van der Waals surface area contributed by atoms with Crippen molar-refractivity contribution in [3.63, 3.8) is 0 Å². The van der Waals surface area contributed by atoms with Crippen molar-refractivity contribution < 1.29 is 0 Å². The number of H-pyrrole nitrogens is 1. The largest absolute Gasteiger partial charge is 0.360 e. The van der Waals surface area contributed by atoms with E-state index in [-0.39, 0.29) is 0 Å². The monoisotopic (exact) mass is 277 g/mol. The first-order valence-electron chi connectivity index (χ1n) is 6.35. The third-order valence-electron chi connectivity index (χ3n) is 3.25. The molecule has 0 unspecified atom stereocenters. The third kappa shape index (κ3) is 1.82. The number of fused-ring (bicyclic) bond motifs is 1. The van der Waals surface area contributed by atoms with E-state index in [0.717, 1.165) is 27.5 Å². The van der Waals surface area contributed by atoms with Crippen LogP contribution in [0.25, 0.3) is 32.9 Å². The van der Waals surface area contributed by atoms with Gasteiger partial charge in [0.1, 0.15) is 5.01 Å². The van der Waals surface area contributed by atoms with Crippen molar-refractivity contribution in [1.82, 2.24) is 15.0 Å². The fourth-order valence-electron chi connectivity index (χ4n) is 2.29. The van der Waals surface area contributed by atoms with Gasteiger partial charge < -0.3 is 4.98 Å². The van der Waals surface area contributed by atoms with Crippen LogP contribution in [0, 0.1) is 0 Å². The van der Waals surface area contributed by atoms with Crippen LogP contribution in [0.15, 0.2) is 60.2 Å². The molecule has 0 saturated carbocycles. The van der Waals surface area contributed by atoms with Crippen LogP contribution in [-0.4, -0.2) is 15.0 Å². The van der Waals surface area contributed by atoms with Crippen LogP contribution in [0.2, 0.25) is 0 Å². The number of thiazole rings is 1. The molecule has 0 spiro atoms. The molecule has 0 radical (unpaired) electrons. The van der Waals surface area contributed by atoms with Crippen molar-refractivity contribution in [3.8, 4) is 22.0 Å². The highest BCUT2D eigenvalue weighted by atomic mass is 32.1. The molecule has 4 heteroatoms. The summed E-state index contributed by atoms with van der Waals surface area (Å²) in [6, 6.07) is 14.1.